The molecule has 3 aromatic rings. The molecule has 2 N–H and O–H groups in total. The maximum atomic E-state index is 13.4. The van der Waals surface area contributed by atoms with Crippen molar-refractivity contribution in [3.8, 4) is 5.88 Å². The van der Waals surface area contributed by atoms with Crippen LogP contribution in [0.4, 0.5) is 5.13 Å². The topological polar surface area (TPSA) is 150 Å². The number of likely N-dealkylation sites (N-methyl/N-ethyl adjacent to an activating group) is 1. The number of hydrogen-bond donors (Lipinski definition) is 2. The minimum Gasteiger partial charge on any atom is -0.476 e. The van der Waals surface area contributed by atoms with Crippen molar-refractivity contribution >= 4 is 48.3 Å². The van der Waals surface area contributed by atoms with Gasteiger partial charge in [0.1, 0.15) is 17.0 Å². The molecule has 0 aliphatic carbocycles. The number of ether oxygens (including phenoxy) is 3. The molecule has 14 heteroatoms. The predicted molar refractivity (Wildman–Crippen MR) is 145 cm³/mol. The fourth-order valence-electron chi connectivity index (χ4n) is 4.05. The summed E-state index contributed by atoms with van der Waals surface area (Å²) in [4.78, 5) is 28.6. The number of sulfone groups is 1. The van der Waals surface area contributed by atoms with Gasteiger partial charge in [-0.25, -0.2) is 18.4 Å². The minimum atomic E-state index is -3.54. The van der Waals surface area contributed by atoms with Gasteiger partial charge in [0, 0.05) is 31.2 Å². The third-order valence-electron chi connectivity index (χ3n) is 6.23. The molecule has 0 saturated carbocycles. The van der Waals surface area contributed by atoms with Gasteiger partial charge in [-0.3, -0.25) is 10.1 Å². The number of amides is 1. The maximum Gasteiger partial charge on any atom is 0.280 e. The molecule has 4 heterocycles. The van der Waals surface area contributed by atoms with Gasteiger partial charge in [0.05, 0.1) is 30.0 Å². The number of carbonyl (C=O) groups is 1. The van der Waals surface area contributed by atoms with Crippen LogP contribution in [0, 0.1) is 0 Å². The fraction of sp³-hybridized carbons (Fsp3) is 0.440. The second-order valence-electron chi connectivity index (χ2n) is 8.98. The lowest BCUT2D eigenvalue weighted by atomic mass is 10.1. The molecule has 12 nitrogen and oxygen atoms in total. The van der Waals surface area contributed by atoms with Gasteiger partial charge in [0.15, 0.2) is 26.8 Å². The highest BCUT2D eigenvalue weighted by molar-refractivity contribution is 7.92. The lowest BCUT2D eigenvalue weighted by molar-refractivity contribution is -0.110. The maximum absolute atomic E-state index is 13.4. The van der Waals surface area contributed by atoms with Crippen molar-refractivity contribution in [1.82, 2.24) is 15.3 Å². The third kappa shape index (κ3) is 6.53. The van der Waals surface area contributed by atoms with E-state index in [1.807, 2.05) is 7.05 Å². The van der Waals surface area contributed by atoms with Gasteiger partial charge in [-0.05, 0) is 31.7 Å². The molecule has 2 atom stereocenters. The van der Waals surface area contributed by atoms with E-state index in [1.54, 1.807) is 24.3 Å². The number of pyridine rings is 1. The second kappa shape index (κ2) is 12.3. The van der Waals surface area contributed by atoms with Crippen molar-refractivity contribution < 1.29 is 32.3 Å². The van der Waals surface area contributed by atoms with Crippen molar-refractivity contribution in [2.75, 3.05) is 51.9 Å². The summed E-state index contributed by atoms with van der Waals surface area (Å²) in [5.41, 5.74) is 0.991. The summed E-state index contributed by atoms with van der Waals surface area (Å²) in [7, 11) is -1.71. The number of hydrogen-bond acceptors (Lipinski definition) is 12. The Labute approximate surface area is 229 Å². The summed E-state index contributed by atoms with van der Waals surface area (Å²) < 4.78 is 42.0. The highest BCUT2D eigenvalue weighted by atomic mass is 32.2. The summed E-state index contributed by atoms with van der Waals surface area (Å²) >= 11 is 1.20. The molecule has 0 radical (unpaired) electrons. The van der Waals surface area contributed by atoms with E-state index in [-0.39, 0.29) is 23.3 Å². The van der Waals surface area contributed by atoms with Gasteiger partial charge < -0.3 is 24.4 Å². The van der Waals surface area contributed by atoms with Gasteiger partial charge in [-0.15, -0.1) is 0 Å². The number of nitrogens with one attached hydrogen (secondary N) is 2. The van der Waals surface area contributed by atoms with E-state index in [2.05, 4.69) is 25.8 Å². The van der Waals surface area contributed by atoms with Crippen LogP contribution in [0.25, 0.3) is 10.3 Å². The van der Waals surface area contributed by atoms with Crippen molar-refractivity contribution in [2.24, 2.45) is 5.16 Å². The van der Waals surface area contributed by atoms with E-state index in [4.69, 9.17) is 19.0 Å². The Morgan fingerprint density at radius 2 is 1.90 bits per heavy atom. The average Bonchev–Trinajstić information content (AvgIpc) is 3.71. The number of thiazole rings is 1. The van der Waals surface area contributed by atoms with Crippen LogP contribution in [0.3, 0.4) is 0 Å². The Hall–Kier alpha value is -3.17. The van der Waals surface area contributed by atoms with Crippen LogP contribution in [0.5, 0.6) is 5.88 Å². The molecular formula is C25H29N5O7S2. The zero-order chi connectivity index (χ0) is 27.2. The first-order chi connectivity index (χ1) is 18.9. The molecular weight excluding hydrogens is 546 g/mol. The van der Waals surface area contributed by atoms with E-state index in [9.17, 15) is 13.2 Å². The van der Waals surface area contributed by atoms with Crippen LogP contribution >= 0.6 is 11.3 Å². The average molecular weight is 576 g/mol. The van der Waals surface area contributed by atoms with Crippen LogP contribution < -0.4 is 15.4 Å². The van der Waals surface area contributed by atoms with Gasteiger partial charge in [0.2, 0.25) is 5.88 Å². The molecule has 39 heavy (non-hydrogen) atoms. The highest BCUT2D eigenvalue weighted by Crippen LogP contribution is 2.27. The Kier molecular flexibility index (Phi) is 8.67. The summed E-state index contributed by atoms with van der Waals surface area (Å²) in [6, 6.07) is 9.54. The first-order valence-electron chi connectivity index (χ1n) is 12.5. The fourth-order valence-corrected chi connectivity index (χ4v) is 6.46. The molecule has 2 aliphatic heterocycles. The number of nitrogens with zero attached hydrogens (tertiary/aromatic N) is 3. The normalized spacial score (nSPS) is 19.9. The van der Waals surface area contributed by atoms with Gasteiger partial charge >= 0.3 is 0 Å². The number of aromatic nitrogens is 2. The second-order valence-corrected chi connectivity index (χ2v) is 12.2. The molecule has 2 aromatic heterocycles. The Bertz CT molecular complexity index is 1430. The largest absolute Gasteiger partial charge is 0.476 e. The number of oxime groups is 1. The molecule has 0 spiro atoms. The molecule has 2 fully saturated rings. The summed E-state index contributed by atoms with van der Waals surface area (Å²) in [5, 5.41) is 9.66. The van der Waals surface area contributed by atoms with Crippen LogP contribution in [-0.2, 0) is 28.9 Å². The highest BCUT2D eigenvalue weighted by Gasteiger charge is 2.31. The molecule has 5 rings (SSSR count). The van der Waals surface area contributed by atoms with Crippen LogP contribution in [0.1, 0.15) is 18.4 Å². The Morgan fingerprint density at radius 1 is 1.10 bits per heavy atom. The van der Waals surface area contributed by atoms with Crippen LogP contribution in [0.2, 0.25) is 0 Å². The molecule has 0 unspecified atom stereocenters. The van der Waals surface area contributed by atoms with Crippen LogP contribution in [-0.4, -0.2) is 88.0 Å². The van der Waals surface area contributed by atoms with E-state index < -0.39 is 21.0 Å². The zero-order valence-electron chi connectivity index (χ0n) is 21.3. The number of rotatable bonds is 11. The molecule has 2 aliphatic rings. The number of anilines is 1. The first kappa shape index (κ1) is 27.4. The van der Waals surface area contributed by atoms with Crippen molar-refractivity contribution in [2.45, 2.75) is 29.1 Å². The molecule has 208 valence electrons. The Balaban J connectivity index is 1.36. The molecule has 1 amide bonds. The smallest absolute Gasteiger partial charge is 0.280 e. The van der Waals surface area contributed by atoms with E-state index in [1.165, 1.54) is 23.5 Å². The molecule has 2 saturated heterocycles. The van der Waals surface area contributed by atoms with Gasteiger partial charge in [0.25, 0.3) is 5.91 Å². The van der Waals surface area contributed by atoms with E-state index in [0.29, 0.717) is 72.7 Å². The van der Waals surface area contributed by atoms with E-state index in [0.717, 1.165) is 0 Å². The van der Waals surface area contributed by atoms with E-state index >= 15 is 0 Å². The quantitative estimate of drug-likeness (QED) is 0.197. The Morgan fingerprint density at radius 3 is 2.62 bits per heavy atom. The first-order valence-corrected chi connectivity index (χ1v) is 14.9. The number of carbonyl (C=O) groups excluding carboxylic acids is 1. The zero-order valence-corrected chi connectivity index (χ0v) is 22.9. The van der Waals surface area contributed by atoms with Crippen molar-refractivity contribution in [3.05, 3.63) is 42.0 Å². The monoisotopic (exact) mass is 575 g/mol. The van der Waals surface area contributed by atoms with Crippen molar-refractivity contribution in [3.63, 3.8) is 0 Å². The summed E-state index contributed by atoms with van der Waals surface area (Å²) in [6.07, 6.45) is 0.834. The molecule has 1 aromatic carbocycles. The third-order valence-corrected chi connectivity index (χ3v) is 9.29. The SMILES string of the molecule is CNCCOc1ccc2nc(NC(=O)C(=NO[C@@H]3CCOC3)c3ccc(S(=O)(=O)[C@H]4CCOC4)cc3)sc2n1. The number of benzene rings is 1. The minimum absolute atomic E-state index is 0.0154. The number of fused-ring (bicyclic) bond motifs is 1. The van der Waals surface area contributed by atoms with Gasteiger partial charge in [-0.1, -0.05) is 28.6 Å². The lowest BCUT2D eigenvalue weighted by Crippen LogP contribution is -2.25. The van der Waals surface area contributed by atoms with Crippen LogP contribution in [0.15, 0.2) is 46.4 Å². The summed E-state index contributed by atoms with van der Waals surface area (Å²) in [6.45, 7) is 2.69. The summed E-state index contributed by atoms with van der Waals surface area (Å²) in [5.74, 6) is -0.0915. The predicted octanol–water partition coefficient (Wildman–Crippen LogP) is 2.00. The lowest BCUT2D eigenvalue weighted by Gasteiger charge is -2.12. The standard InChI is InChI=1S/C25H29N5O7S2/c1-26-10-13-36-21-7-6-20-24(28-21)38-25(27-20)29-23(31)22(30-37-17-8-11-34-14-17)16-2-4-18(5-3-16)39(32,33)19-9-12-35-15-19/h2-7,17,19,26H,8-15H2,1H3,(H,27,29,31)/t17-,19+/m1/s1. The molecule has 0 bridgehead atoms. The van der Waals surface area contributed by atoms with Gasteiger partial charge in [-0.2, -0.15) is 0 Å². The van der Waals surface area contributed by atoms with Crippen molar-refractivity contribution in [1.29, 1.82) is 0 Å².